The Kier molecular flexibility index (Phi) is 5.46. The van der Waals surface area contributed by atoms with Crippen LogP contribution >= 0.6 is 0 Å². The maximum atomic E-state index is 11.7. The molecule has 1 saturated carbocycles. The summed E-state index contributed by atoms with van der Waals surface area (Å²) in [5, 5.41) is 8.90. The normalized spacial score (nSPS) is 19.1. The van der Waals surface area contributed by atoms with E-state index >= 15 is 0 Å². The summed E-state index contributed by atoms with van der Waals surface area (Å²) < 4.78 is 4.91. The van der Waals surface area contributed by atoms with E-state index in [1.165, 1.54) is 6.42 Å². The Hall–Kier alpha value is -0.900. The number of aliphatic hydroxyl groups is 1. The van der Waals surface area contributed by atoms with Crippen LogP contribution in [0.1, 0.15) is 39.0 Å². The summed E-state index contributed by atoms with van der Waals surface area (Å²) >= 11 is 0. The van der Waals surface area contributed by atoms with Crippen molar-refractivity contribution in [1.29, 1.82) is 0 Å². The van der Waals surface area contributed by atoms with Crippen LogP contribution in [0.15, 0.2) is 0 Å². The fraction of sp³-hybridized carbons (Fsp3) is 0.833. The SMILES string of the molecule is CCOC(=O)C(C(=O)CO)C1CCCCC1. The molecule has 0 aromatic carbocycles. The summed E-state index contributed by atoms with van der Waals surface area (Å²) in [4.78, 5) is 23.3. The number of aliphatic hydroxyl groups excluding tert-OH is 1. The summed E-state index contributed by atoms with van der Waals surface area (Å²) in [5.74, 6) is -1.54. The summed E-state index contributed by atoms with van der Waals surface area (Å²) in [7, 11) is 0. The zero-order valence-corrected chi connectivity index (χ0v) is 9.78. The van der Waals surface area contributed by atoms with Gasteiger partial charge in [0.05, 0.1) is 6.61 Å². The van der Waals surface area contributed by atoms with Crippen molar-refractivity contribution in [1.82, 2.24) is 0 Å². The molecule has 0 spiro atoms. The van der Waals surface area contributed by atoms with Crippen molar-refractivity contribution in [2.45, 2.75) is 39.0 Å². The highest BCUT2D eigenvalue weighted by Gasteiger charge is 2.35. The van der Waals surface area contributed by atoms with Crippen LogP contribution in [-0.4, -0.2) is 30.1 Å². The Morgan fingerprint density at radius 2 is 1.94 bits per heavy atom. The van der Waals surface area contributed by atoms with Crippen molar-refractivity contribution in [2.24, 2.45) is 11.8 Å². The van der Waals surface area contributed by atoms with Gasteiger partial charge in [0.2, 0.25) is 0 Å². The smallest absolute Gasteiger partial charge is 0.316 e. The molecular formula is C12H20O4. The molecule has 1 N–H and O–H groups in total. The zero-order valence-electron chi connectivity index (χ0n) is 9.78. The molecule has 0 aromatic heterocycles. The molecule has 0 saturated heterocycles. The largest absolute Gasteiger partial charge is 0.465 e. The molecule has 1 aliphatic rings. The van der Waals surface area contributed by atoms with Crippen LogP contribution in [0, 0.1) is 11.8 Å². The zero-order chi connectivity index (χ0) is 12.0. The van der Waals surface area contributed by atoms with Crippen molar-refractivity contribution in [3.63, 3.8) is 0 Å². The third kappa shape index (κ3) is 3.30. The number of ketones is 1. The standard InChI is InChI=1S/C12H20O4/c1-2-16-12(15)11(10(14)8-13)9-6-4-3-5-7-9/h9,11,13H,2-8H2,1H3. The third-order valence-corrected chi connectivity index (χ3v) is 3.16. The molecule has 1 unspecified atom stereocenters. The molecule has 16 heavy (non-hydrogen) atoms. The van der Waals surface area contributed by atoms with Crippen LogP contribution in [0.3, 0.4) is 0 Å². The molecule has 1 fully saturated rings. The molecule has 0 radical (unpaired) electrons. The van der Waals surface area contributed by atoms with Crippen LogP contribution in [0.4, 0.5) is 0 Å². The summed E-state index contributed by atoms with van der Waals surface area (Å²) in [6.07, 6.45) is 5.04. The Bertz CT molecular complexity index is 243. The molecule has 1 aliphatic carbocycles. The van der Waals surface area contributed by atoms with Crippen molar-refractivity contribution in [2.75, 3.05) is 13.2 Å². The Morgan fingerprint density at radius 1 is 1.31 bits per heavy atom. The molecule has 92 valence electrons. The predicted octanol–water partition coefficient (Wildman–Crippen LogP) is 1.31. The van der Waals surface area contributed by atoms with Gasteiger partial charge in [-0.1, -0.05) is 19.3 Å². The lowest BCUT2D eigenvalue weighted by Gasteiger charge is -2.27. The second kappa shape index (κ2) is 6.63. The lowest BCUT2D eigenvalue weighted by Crippen LogP contribution is -2.35. The van der Waals surface area contributed by atoms with Gasteiger partial charge in [0.15, 0.2) is 5.78 Å². The lowest BCUT2D eigenvalue weighted by molar-refractivity contribution is -0.155. The van der Waals surface area contributed by atoms with Crippen molar-refractivity contribution in [3.05, 3.63) is 0 Å². The van der Waals surface area contributed by atoms with E-state index in [4.69, 9.17) is 9.84 Å². The summed E-state index contributed by atoms with van der Waals surface area (Å²) in [6, 6.07) is 0. The highest BCUT2D eigenvalue weighted by Crippen LogP contribution is 2.31. The van der Waals surface area contributed by atoms with E-state index in [1.54, 1.807) is 6.92 Å². The first-order valence-electron chi connectivity index (χ1n) is 6.01. The molecule has 4 heteroatoms. The van der Waals surface area contributed by atoms with Gasteiger partial charge < -0.3 is 9.84 Å². The number of Topliss-reactive ketones (excluding diaryl/α,β-unsaturated/α-hetero) is 1. The quantitative estimate of drug-likeness (QED) is 0.569. The summed E-state index contributed by atoms with van der Waals surface area (Å²) in [6.45, 7) is 1.43. The first-order valence-corrected chi connectivity index (χ1v) is 6.01. The second-order valence-electron chi connectivity index (χ2n) is 4.25. The summed E-state index contributed by atoms with van der Waals surface area (Å²) in [5.41, 5.74) is 0. The van der Waals surface area contributed by atoms with E-state index in [0.717, 1.165) is 25.7 Å². The van der Waals surface area contributed by atoms with Crippen LogP contribution in [0.2, 0.25) is 0 Å². The van der Waals surface area contributed by atoms with Crippen molar-refractivity contribution in [3.8, 4) is 0 Å². The van der Waals surface area contributed by atoms with Crippen LogP contribution in [-0.2, 0) is 14.3 Å². The topological polar surface area (TPSA) is 63.6 Å². The average molecular weight is 228 g/mol. The Labute approximate surface area is 96.0 Å². The van der Waals surface area contributed by atoms with E-state index in [0.29, 0.717) is 0 Å². The average Bonchev–Trinajstić information content (AvgIpc) is 2.31. The van der Waals surface area contributed by atoms with Gasteiger partial charge in [-0.2, -0.15) is 0 Å². The number of esters is 1. The number of carbonyl (C=O) groups excluding carboxylic acids is 2. The van der Waals surface area contributed by atoms with Gasteiger partial charge in [-0.25, -0.2) is 0 Å². The fourth-order valence-corrected chi connectivity index (χ4v) is 2.38. The molecule has 0 aliphatic heterocycles. The van der Waals surface area contributed by atoms with Crippen LogP contribution in [0.5, 0.6) is 0 Å². The Balaban J connectivity index is 2.68. The lowest BCUT2D eigenvalue weighted by atomic mass is 9.78. The Morgan fingerprint density at radius 3 is 2.44 bits per heavy atom. The van der Waals surface area contributed by atoms with Gasteiger partial charge in [0, 0.05) is 0 Å². The van der Waals surface area contributed by atoms with E-state index in [2.05, 4.69) is 0 Å². The fourth-order valence-electron chi connectivity index (χ4n) is 2.38. The third-order valence-electron chi connectivity index (χ3n) is 3.16. The van der Waals surface area contributed by atoms with E-state index in [1.807, 2.05) is 0 Å². The van der Waals surface area contributed by atoms with Gasteiger partial charge in [-0.05, 0) is 25.7 Å². The molecule has 0 aromatic rings. The number of hydrogen-bond acceptors (Lipinski definition) is 4. The second-order valence-corrected chi connectivity index (χ2v) is 4.25. The highest BCUT2D eigenvalue weighted by atomic mass is 16.5. The van der Waals surface area contributed by atoms with Crippen molar-refractivity contribution >= 4 is 11.8 Å². The van der Waals surface area contributed by atoms with E-state index in [-0.39, 0.29) is 12.5 Å². The minimum atomic E-state index is -0.745. The molecule has 0 amide bonds. The number of carbonyl (C=O) groups is 2. The monoisotopic (exact) mass is 228 g/mol. The van der Waals surface area contributed by atoms with Gasteiger partial charge in [-0.3, -0.25) is 9.59 Å². The van der Waals surface area contributed by atoms with Gasteiger partial charge >= 0.3 is 5.97 Å². The van der Waals surface area contributed by atoms with E-state index in [9.17, 15) is 9.59 Å². The van der Waals surface area contributed by atoms with Crippen LogP contribution in [0.25, 0.3) is 0 Å². The number of ether oxygens (including phenoxy) is 1. The first kappa shape index (κ1) is 13.2. The molecular weight excluding hydrogens is 208 g/mol. The van der Waals surface area contributed by atoms with Gasteiger partial charge in [0.1, 0.15) is 12.5 Å². The maximum absolute atomic E-state index is 11.7. The minimum Gasteiger partial charge on any atom is -0.465 e. The van der Waals surface area contributed by atoms with Gasteiger partial charge in [0.25, 0.3) is 0 Å². The predicted molar refractivity (Wildman–Crippen MR) is 58.8 cm³/mol. The van der Waals surface area contributed by atoms with E-state index < -0.39 is 24.3 Å². The number of rotatable bonds is 5. The molecule has 0 bridgehead atoms. The van der Waals surface area contributed by atoms with Crippen molar-refractivity contribution < 1.29 is 19.4 Å². The molecule has 1 atom stereocenters. The van der Waals surface area contributed by atoms with Crippen LogP contribution < -0.4 is 0 Å². The van der Waals surface area contributed by atoms with Gasteiger partial charge in [-0.15, -0.1) is 0 Å². The highest BCUT2D eigenvalue weighted by molar-refractivity contribution is 5.99. The first-order chi connectivity index (χ1) is 7.70. The minimum absolute atomic E-state index is 0.0625. The molecule has 4 nitrogen and oxygen atoms in total. The molecule has 0 heterocycles. The number of hydrogen-bond donors (Lipinski definition) is 1. The maximum Gasteiger partial charge on any atom is 0.316 e. The molecule has 1 rings (SSSR count).